The van der Waals surface area contributed by atoms with Crippen molar-refractivity contribution in [3.8, 4) is 5.88 Å². The molecule has 92 valence electrons. The van der Waals surface area contributed by atoms with Crippen LogP contribution in [0.1, 0.15) is 10.4 Å². The van der Waals surface area contributed by atoms with E-state index in [4.69, 9.17) is 11.6 Å². The smallest absolute Gasteiger partial charge is 0.288 e. The highest BCUT2D eigenvalue weighted by molar-refractivity contribution is 6.68. The Morgan fingerprint density at radius 2 is 2.29 bits per heavy atom. The fourth-order valence-corrected chi connectivity index (χ4v) is 1.07. The second kappa shape index (κ2) is 5.48. The molecule has 0 aliphatic carbocycles. The summed E-state index contributed by atoms with van der Waals surface area (Å²) in [6.45, 7) is -0.984. The highest BCUT2D eigenvalue weighted by Crippen LogP contribution is 2.23. The Bertz CT molecular complexity index is 455. The van der Waals surface area contributed by atoms with Crippen molar-refractivity contribution < 1.29 is 23.2 Å². The summed E-state index contributed by atoms with van der Waals surface area (Å²) in [6.07, 6.45) is -1.98. The topological polar surface area (TPSA) is 82.3 Å². The maximum Gasteiger partial charge on any atom is 0.288 e. The molecule has 0 N–H and O–H groups in total. The monoisotopic (exact) mass is 266 g/mol. The van der Waals surface area contributed by atoms with Crippen LogP contribution in [0, 0.1) is 10.1 Å². The summed E-state index contributed by atoms with van der Waals surface area (Å²) >= 11 is 5.13. The lowest BCUT2D eigenvalue weighted by molar-refractivity contribution is -0.385. The Kier molecular flexibility index (Phi) is 4.27. The summed E-state index contributed by atoms with van der Waals surface area (Å²) in [6, 6.07) is 0.809. The molecule has 0 radical (unpaired) electrons. The number of carbonyl (C=O) groups is 1. The van der Waals surface area contributed by atoms with Crippen LogP contribution in [-0.2, 0) is 0 Å². The first kappa shape index (κ1) is 13.2. The third-order valence-electron chi connectivity index (χ3n) is 1.61. The number of aromatic nitrogens is 1. The van der Waals surface area contributed by atoms with Crippen molar-refractivity contribution in [3.05, 3.63) is 27.9 Å². The normalized spacial score (nSPS) is 10.4. The van der Waals surface area contributed by atoms with E-state index in [0.717, 1.165) is 12.3 Å². The van der Waals surface area contributed by atoms with Crippen molar-refractivity contribution in [1.82, 2.24) is 4.98 Å². The van der Waals surface area contributed by atoms with Crippen molar-refractivity contribution in [2.45, 2.75) is 6.43 Å². The van der Waals surface area contributed by atoms with Gasteiger partial charge in [-0.2, -0.15) is 0 Å². The molecule has 0 saturated heterocycles. The number of rotatable bonds is 5. The molecule has 1 rings (SSSR count). The van der Waals surface area contributed by atoms with Crippen LogP contribution >= 0.6 is 11.6 Å². The molecule has 9 heteroatoms. The number of ether oxygens (including phenoxy) is 1. The lowest BCUT2D eigenvalue weighted by Gasteiger charge is -2.06. The fourth-order valence-electron chi connectivity index (χ4n) is 0.939. The van der Waals surface area contributed by atoms with Gasteiger partial charge in [-0.05, 0) is 11.6 Å². The summed E-state index contributed by atoms with van der Waals surface area (Å²) in [5, 5.41) is 9.33. The average Bonchev–Trinajstić information content (AvgIpc) is 2.25. The molecule has 0 fully saturated rings. The maximum absolute atomic E-state index is 11.9. The van der Waals surface area contributed by atoms with Crippen LogP contribution < -0.4 is 4.74 Å². The van der Waals surface area contributed by atoms with Crippen LogP contribution in [0.25, 0.3) is 0 Å². The van der Waals surface area contributed by atoms with E-state index >= 15 is 0 Å². The zero-order valence-corrected chi connectivity index (χ0v) is 8.86. The van der Waals surface area contributed by atoms with Gasteiger partial charge in [-0.25, -0.2) is 13.8 Å². The van der Waals surface area contributed by atoms with Crippen LogP contribution in [0.3, 0.4) is 0 Å². The number of pyridine rings is 1. The minimum absolute atomic E-state index is 0.429. The van der Waals surface area contributed by atoms with Crippen molar-refractivity contribution in [2.24, 2.45) is 0 Å². The van der Waals surface area contributed by atoms with Gasteiger partial charge >= 0.3 is 0 Å². The van der Waals surface area contributed by atoms with E-state index in [0.29, 0.717) is 0 Å². The summed E-state index contributed by atoms with van der Waals surface area (Å²) in [5.41, 5.74) is -0.917. The van der Waals surface area contributed by atoms with E-state index in [1.54, 1.807) is 0 Å². The minimum atomic E-state index is -2.76. The van der Waals surface area contributed by atoms with E-state index < -0.39 is 40.3 Å². The molecule has 0 amide bonds. The molecule has 0 spiro atoms. The molecule has 17 heavy (non-hydrogen) atoms. The number of nitro groups is 1. The number of hydrogen-bond acceptors (Lipinski definition) is 5. The van der Waals surface area contributed by atoms with E-state index in [1.807, 2.05) is 0 Å². The summed E-state index contributed by atoms with van der Waals surface area (Å²) < 4.78 is 28.3. The van der Waals surface area contributed by atoms with Gasteiger partial charge in [-0.3, -0.25) is 14.9 Å². The zero-order valence-electron chi connectivity index (χ0n) is 8.10. The van der Waals surface area contributed by atoms with Gasteiger partial charge < -0.3 is 4.74 Å². The Labute approximate surface area is 98.3 Å². The van der Waals surface area contributed by atoms with Crippen LogP contribution in [-0.4, -0.2) is 28.2 Å². The van der Waals surface area contributed by atoms with E-state index in [1.165, 1.54) is 0 Å². The number of carbonyl (C=O) groups excluding carboxylic acids is 1. The predicted molar refractivity (Wildman–Crippen MR) is 52.6 cm³/mol. The largest absolute Gasteiger partial charge is 0.471 e. The van der Waals surface area contributed by atoms with Gasteiger partial charge in [0.1, 0.15) is 11.8 Å². The molecule has 0 bridgehead atoms. The van der Waals surface area contributed by atoms with Crippen LogP contribution in [0.15, 0.2) is 12.3 Å². The Morgan fingerprint density at radius 1 is 1.65 bits per heavy atom. The summed E-state index contributed by atoms with van der Waals surface area (Å²) in [5.74, 6) is -0.462. The molecular weight excluding hydrogens is 262 g/mol. The highest BCUT2D eigenvalue weighted by Gasteiger charge is 2.18. The second-order valence-electron chi connectivity index (χ2n) is 2.78. The molecule has 0 atom stereocenters. The Balaban J connectivity index is 3.04. The van der Waals surface area contributed by atoms with Crippen LogP contribution in [0.4, 0.5) is 14.5 Å². The van der Waals surface area contributed by atoms with Gasteiger partial charge in [0.15, 0.2) is 6.61 Å². The van der Waals surface area contributed by atoms with Crippen molar-refractivity contribution in [3.63, 3.8) is 0 Å². The quantitative estimate of drug-likeness (QED) is 0.462. The lowest BCUT2D eigenvalue weighted by atomic mass is 10.3. The molecule has 0 unspecified atom stereocenters. The molecule has 1 aromatic heterocycles. The Hall–Kier alpha value is -1.83. The van der Waals surface area contributed by atoms with Crippen LogP contribution in [0.5, 0.6) is 5.88 Å². The van der Waals surface area contributed by atoms with Crippen molar-refractivity contribution in [1.29, 1.82) is 0 Å². The zero-order chi connectivity index (χ0) is 13.0. The third-order valence-corrected chi connectivity index (χ3v) is 1.81. The number of hydrogen-bond donors (Lipinski definition) is 0. The van der Waals surface area contributed by atoms with Gasteiger partial charge in [-0.15, -0.1) is 0 Å². The van der Waals surface area contributed by atoms with Crippen molar-refractivity contribution >= 4 is 22.5 Å². The van der Waals surface area contributed by atoms with Crippen LogP contribution in [0.2, 0.25) is 0 Å². The first-order valence-electron chi connectivity index (χ1n) is 4.17. The first-order valence-corrected chi connectivity index (χ1v) is 4.55. The average molecular weight is 267 g/mol. The van der Waals surface area contributed by atoms with E-state index in [2.05, 4.69) is 9.72 Å². The summed E-state index contributed by atoms with van der Waals surface area (Å²) in [4.78, 5) is 23.9. The third kappa shape index (κ3) is 3.59. The lowest BCUT2D eigenvalue weighted by Crippen LogP contribution is -2.10. The number of halogens is 3. The van der Waals surface area contributed by atoms with Gasteiger partial charge in [0, 0.05) is 6.07 Å². The minimum Gasteiger partial charge on any atom is -0.471 e. The molecule has 0 saturated carbocycles. The number of nitrogens with zero attached hydrogens (tertiary/aromatic N) is 2. The standard InChI is InChI=1S/C8H5ClF2N2O4/c9-7(14)5-1-4(13(15)16)2-12-8(5)17-3-6(10)11/h1-2,6H,3H2. The second-order valence-corrected chi connectivity index (χ2v) is 3.12. The van der Waals surface area contributed by atoms with Gasteiger partial charge in [0.2, 0.25) is 5.88 Å². The number of alkyl halides is 2. The Morgan fingerprint density at radius 3 is 2.76 bits per heavy atom. The predicted octanol–water partition coefficient (Wildman–Crippen LogP) is 2.01. The summed E-state index contributed by atoms with van der Waals surface area (Å²) in [7, 11) is 0. The maximum atomic E-state index is 11.9. The molecular formula is C8H5ClF2N2O4. The first-order chi connectivity index (χ1) is 7.91. The van der Waals surface area contributed by atoms with Crippen molar-refractivity contribution in [2.75, 3.05) is 6.61 Å². The molecule has 0 aromatic carbocycles. The van der Waals surface area contributed by atoms with Gasteiger partial charge in [0.25, 0.3) is 17.4 Å². The van der Waals surface area contributed by atoms with Gasteiger partial charge in [-0.1, -0.05) is 0 Å². The van der Waals surface area contributed by atoms with E-state index in [-0.39, 0.29) is 0 Å². The van der Waals surface area contributed by atoms with Gasteiger partial charge in [0.05, 0.1) is 4.92 Å². The SMILES string of the molecule is O=C(Cl)c1cc([N+](=O)[O-])cnc1OCC(F)F. The highest BCUT2D eigenvalue weighted by atomic mass is 35.5. The van der Waals surface area contributed by atoms with E-state index in [9.17, 15) is 23.7 Å². The fraction of sp³-hybridized carbons (Fsp3) is 0.250. The molecule has 1 heterocycles. The molecule has 1 aromatic rings. The molecule has 0 aliphatic heterocycles. The molecule has 6 nitrogen and oxygen atoms in total. The molecule has 0 aliphatic rings.